The standard InChI is InChI=1S/C13H23N3O2S2/c1-8(2)7-16(9(3)4)13-11(12(14)15-19-13)20(17,18)10-5-6-10/h8-10H,5-7H2,1-4H3,(H2,14,15). The molecule has 20 heavy (non-hydrogen) atoms. The number of hydrogen-bond acceptors (Lipinski definition) is 6. The van der Waals surface area contributed by atoms with Gasteiger partial charge in [-0.15, -0.1) is 0 Å². The molecule has 0 aromatic carbocycles. The van der Waals surface area contributed by atoms with Crippen LogP contribution in [0.2, 0.25) is 0 Å². The fourth-order valence-corrected chi connectivity index (χ4v) is 5.36. The molecule has 0 aliphatic heterocycles. The first-order chi connectivity index (χ1) is 9.25. The molecule has 1 aliphatic carbocycles. The topological polar surface area (TPSA) is 76.3 Å². The number of aromatic nitrogens is 1. The molecule has 1 aliphatic rings. The molecule has 1 aromatic heterocycles. The van der Waals surface area contributed by atoms with Crippen LogP contribution in [0.25, 0.3) is 0 Å². The van der Waals surface area contributed by atoms with Crippen LogP contribution in [0.3, 0.4) is 0 Å². The molecule has 2 N–H and O–H groups in total. The van der Waals surface area contributed by atoms with E-state index in [0.717, 1.165) is 19.4 Å². The van der Waals surface area contributed by atoms with Gasteiger partial charge < -0.3 is 10.6 Å². The van der Waals surface area contributed by atoms with Crippen LogP contribution < -0.4 is 10.6 Å². The van der Waals surface area contributed by atoms with Gasteiger partial charge in [-0.25, -0.2) is 8.42 Å². The zero-order chi connectivity index (χ0) is 15.1. The summed E-state index contributed by atoms with van der Waals surface area (Å²) in [5.74, 6) is 0.600. The highest BCUT2D eigenvalue weighted by atomic mass is 32.2. The van der Waals surface area contributed by atoms with Gasteiger partial charge in [0.25, 0.3) is 0 Å². The lowest BCUT2D eigenvalue weighted by Gasteiger charge is -2.29. The molecule has 1 aromatic rings. The van der Waals surface area contributed by atoms with Gasteiger partial charge in [-0.05, 0) is 44.1 Å². The van der Waals surface area contributed by atoms with E-state index in [1.54, 1.807) is 0 Å². The van der Waals surface area contributed by atoms with Crippen molar-refractivity contribution >= 4 is 32.2 Å². The van der Waals surface area contributed by atoms with Crippen LogP contribution in [0, 0.1) is 5.92 Å². The van der Waals surface area contributed by atoms with Gasteiger partial charge >= 0.3 is 0 Å². The van der Waals surface area contributed by atoms with E-state index in [0.29, 0.717) is 10.9 Å². The van der Waals surface area contributed by atoms with Crippen LogP contribution in [-0.2, 0) is 9.84 Å². The van der Waals surface area contributed by atoms with Gasteiger partial charge in [0.2, 0.25) is 0 Å². The summed E-state index contributed by atoms with van der Waals surface area (Å²) in [7, 11) is -3.32. The summed E-state index contributed by atoms with van der Waals surface area (Å²) in [5.41, 5.74) is 5.86. The predicted octanol–water partition coefficient (Wildman–Crippen LogP) is 2.53. The van der Waals surface area contributed by atoms with E-state index in [1.807, 2.05) is 0 Å². The monoisotopic (exact) mass is 317 g/mol. The summed E-state index contributed by atoms with van der Waals surface area (Å²) in [6.07, 6.45) is 1.48. The average molecular weight is 317 g/mol. The van der Waals surface area contributed by atoms with Crippen molar-refractivity contribution in [2.75, 3.05) is 17.2 Å². The smallest absolute Gasteiger partial charge is 0.187 e. The Morgan fingerprint density at radius 3 is 2.40 bits per heavy atom. The Labute approximate surface area is 125 Å². The maximum absolute atomic E-state index is 12.6. The maximum Gasteiger partial charge on any atom is 0.187 e. The SMILES string of the molecule is CC(C)CN(c1snc(N)c1S(=O)(=O)C1CC1)C(C)C. The number of nitrogen functional groups attached to an aromatic ring is 1. The van der Waals surface area contributed by atoms with Crippen molar-refractivity contribution in [3.05, 3.63) is 0 Å². The first kappa shape index (κ1) is 15.6. The normalized spacial score (nSPS) is 16.1. The highest BCUT2D eigenvalue weighted by molar-refractivity contribution is 7.92. The molecule has 2 rings (SSSR count). The van der Waals surface area contributed by atoms with Gasteiger partial charge in [0.1, 0.15) is 9.90 Å². The number of sulfone groups is 1. The molecule has 0 unspecified atom stereocenters. The fraction of sp³-hybridized carbons (Fsp3) is 0.769. The molecule has 0 saturated heterocycles. The van der Waals surface area contributed by atoms with E-state index in [1.165, 1.54) is 11.5 Å². The Morgan fingerprint density at radius 1 is 1.35 bits per heavy atom. The molecule has 1 heterocycles. The highest BCUT2D eigenvalue weighted by Gasteiger charge is 2.41. The summed E-state index contributed by atoms with van der Waals surface area (Å²) in [5, 5.41) is 0.450. The molecule has 1 saturated carbocycles. The second-order valence-corrected chi connectivity index (χ2v) is 9.00. The third-order valence-corrected chi connectivity index (χ3v) is 6.70. The molecule has 5 nitrogen and oxygen atoms in total. The minimum atomic E-state index is -3.32. The molecule has 114 valence electrons. The van der Waals surface area contributed by atoms with Gasteiger partial charge in [-0.3, -0.25) is 0 Å². The van der Waals surface area contributed by atoms with Crippen molar-refractivity contribution < 1.29 is 8.42 Å². The van der Waals surface area contributed by atoms with Gasteiger partial charge in [-0.2, -0.15) is 4.37 Å². The second-order valence-electron chi connectivity index (χ2n) is 6.09. The van der Waals surface area contributed by atoms with E-state index in [2.05, 4.69) is 37.0 Å². The molecule has 0 atom stereocenters. The first-order valence-corrected chi connectivity index (χ1v) is 9.32. The predicted molar refractivity (Wildman–Crippen MR) is 84.1 cm³/mol. The molecular formula is C13H23N3O2S2. The minimum absolute atomic E-state index is 0.159. The van der Waals surface area contributed by atoms with Crippen LogP contribution in [0.15, 0.2) is 4.90 Å². The van der Waals surface area contributed by atoms with Crippen molar-refractivity contribution in [2.45, 2.75) is 56.7 Å². The maximum atomic E-state index is 12.6. The quantitative estimate of drug-likeness (QED) is 0.872. The summed E-state index contributed by atoms with van der Waals surface area (Å²) < 4.78 is 29.2. The molecular weight excluding hydrogens is 294 g/mol. The Morgan fingerprint density at radius 2 is 1.95 bits per heavy atom. The van der Waals surface area contributed by atoms with E-state index in [4.69, 9.17) is 5.73 Å². The lowest BCUT2D eigenvalue weighted by atomic mass is 10.2. The van der Waals surface area contributed by atoms with Gasteiger partial charge in [0.05, 0.1) is 5.25 Å². The number of anilines is 2. The van der Waals surface area contributed by atoms with Crippen molar-refractivity contribution in [1.29, 1.82) is 0 Å². The van der Waals surface area contributed by atoms with E-state index >= 15 is 0 Å². The summed E-state index contributed by atoms with van der Waals surface area (Å²) in [6.45, 7) is 9.16. The Balaban J connectivity index is 2.46. The molecule has 0 amide bonds. The average Bonchev–Trinajstić information content (AvgIpc) is 3.10. The molecule has 0 spiro atoms. The van der Waals surface area contributed by atoms with Crippen molar-refractivity contribution in [1.82, 2.24) is 4.37 Å². The third-order valence-electron chi connectivity index (χ3n) is 3.35. The summed E-state index contributed by atoms with van der Waals surface area (Å²) in [6, 6.07) is 0.213. The third kappa shape index (κ3) is 2.93. The zero-order valence-corrected chi connectivity index (χ0v) is 14.1. The minimum Gasteiger partial charge on any atom is -0.382 e. The molecule has 0 radical (unpaired) electrons. The van der Waals surface area contributed by atoms with E-state index in [9.17, 15) is 8.42 Å². The summed E-state index contributed by atoms with van der Waals surface area (Å²) >= 11 is 1.20. The zero-order valence-electron chi connectivity index (χ0n) is 12.5. The van der Waals surface area contributed by atoms with Gasteiger partial charge in [-0.1, -0.05) is 13.8 Å². The molecule has 7 heteroatoms. The Kier molecular flexibility index (Phi) is 4.30. The van der Waals surface area contributed by atoms with Crippen molar-refractivity contribution in [3.8, 4) is 0 Å². The first-order valence-electron chi connectivity index (χ1n) is 7.00. The van der Waals surface area contributed by atoms with E-state index in [-0.39, 0.29) is 22.0 Å². The van der Waals surface area contributed by atoms with Crippen LogP contribution in [0.5, 0.6) is 0 Å². The van der Waals surface area contributed by atoms with Crippen LogP contribution >= 0.6 is 11.5 Å². The molecule has 1 fully saturated rings. The largest absolute Gasteiger partial charge is 0.382 e. The molecule has 0 bridgehead atoms. The fourth-order valence-electron chi connectivity index (χ4n) is 2.20. The highest BCUT2D eigenvalue weighted by Crippen LogP contribution is 2.43. The van der Waals surface area contributed by atoms with Gasteiger partial charge in [0.15, 0.2) is 15.7 Å². The Hall–Kier alpha value is -0.820. The summed E-state index contributed by atoms with van der Waals surface area (Å²) in [4.78, 5) is 2.37. The van der Waals surface area contributed by atoms with Crippen LogP contribution in [-0.4, -0.2) is 30.6 Å². The number of nitrogens with two attached hydrogens (primary N) is 1. The van der Waals surface area contributed by atoms with Crippen LogP contribution in [0.4, 0.5) is 10.8 Å². The van der Waals surface area contributed by atoms with Crippen molar-refractivity contribution in [3.63, 3.8) is 0 Å². The number of rotatable bonds is 6. The number of nitrogens with zero attached hydrogens (tertiary/aromatic N) is 2. The van der Waals surface area contributed by atoms with E-state index < -0.39 is 9.84 Å². The lowest BCUT2D eigenvalue weighted by Crippen LogP contribution is -2.34. The van der Waals surface area contributed by atoms with Crippen molar-refractivity contribution in [2.24, 2.45) is 5.92 Å². The lowest BCUT2D eigenvalue weighted by molar-refractivity contribution is 0.568. The van der Waals surface area contributed by atoms with Crippen LogP contribution in [0.1, 0.15) is 40.5 Å². The second kappa shape index (κ2) is 5.52. The Bertz CT molecular complexity index is 574. The van der Waals surface area contributed by atoms with Gasteiger partial charge in [0, 0.05) is 12.6 Å². The number of hydrogen-bond donors (Lipinski definition) is 1.